The van der Waals surface area contributed by atoms with Gasteiger partial charge in [-0.05, 0) is 12.1 Å². The maximum absolute atomic E-state index is 12.4. The van der Waals surface area contributed by atoms with Crippen LogP contribution >= 0.6 is 0 Å². The molecule has 3 rings (SSSR count). The van der Waals surface area contributed by atoms with Crippen LogP contribution in [0.1, 0.15) is 15.9 Å². The molecule has 0 saturated carbocycles. The number of aromatic nitrogens is 4. The van der Waals surface area contributed by atoms with Gasteiger partial charge in [0.2, 0.25) is 5.88 Å². The van der Waals surface area contributed by atoms with Gasteiger partial charge in [-0.1, -0.05) is 6.07 Å². The third-order valence-electron chi connectivity index (χ3n) is 3.67. The first kappa shape index (κ1) is 18.4. The average Bonchev–Trinajstić information content (AvgIpc) is 3.11. The van der Waals surface area contributed by atoms with E-state index in [-0.39, 0.29) is 18.3 Å². The molecule has 0 aliphatic rings. The number of nitrogens with one attached hydrogen (secondary N) is 1. The Bertz CT molecular complexity index is 929. The summed E-state index contributed by atoms with van der Waals surface area (Å²) in [5.74, 6) is -0.280. The summed E-state index contributed by atoms with van der Waals surface area (Å²) in [4.78, 5) is 20.5. The molecule has 1 amide bonds. The van der Waals surface area contributed by atoms with E-state index in [1.807, 2.05) is 6.20 Å². The molecule has 0 atom stereocenters. The van der Waals surface area contributed by atoms with Crippen LogP contribution in [0, 0.1) is 0 Å². The van der Waals surface area contributed by atoms with E-state index in [0.29, 0.717) is 11.1 Å². The van der Waals surface area contributed by atoms with Crippen LogP contribution in [-0.4, -0.2) is 38.7 Å². The van der Waals surface area contributed by atoms with Gasteiger partial charge in [0.1, 0.15) is 0 Å². The van der Waals surface area contributed by atoms with Crippen LogP contribution in [0.3, 0.4) is 0 Å². The average molecular weight is 373 g/mol. The number of carbonyl (C=O) groups excluding carboxylic acids is 1. The minimum atomic E-state index is -2.60. The second-order valence-corrected chi connectivity index (χ2v) is 5.72. The number of aryl methyl sites for hydroxylation is 1. The van der Waals surface area contributed by atoms with Crippen molar-refractivity contribution in [2.24, 2.45) is 7.05 Å². The predicted octanol–water partition coefficient (Wildman–Crippen LogP) is 2.45. The van der Waals surface area contributed by atoms with Crippen LogP contribution in [-0.2, 0) is 13.6 Å². The Hall–Kier alpha value is -3.36. The smallest absolute Gasteiger partial charge is 0.272 e. The summed E-state index contributed by atoms with van der Waals surface area (Å²) in [5, 5.41) is 6.82. The molecule has 0 unspecified atom stereocenters. The van der Waals surface area contributed by atoms with E-state index in [9.17, 15) is 13.6 Å². The molecule has 1 N–H and O–H groups in total. The molecule has 27 heavy (non-hydrogen) atoms. The van der Waals surface area contributed by atoms with Gasteiger partial charge in [-0.15, -0.1) is 0 Å². The number of rotatable bonds is 7. The highest BCUT2D eigenvalue weighted by molar-refractivity contribution is 5.95. The van der Waals surface area contributed by atoms with E-state index < -0.39 is 13.0 Å². The summed E-state index contributed by atoms with van der Waals surface area (Å²) in [6, 6.07) is 5.00. The van der Waals surface area contributed by atoms with Crippen molar-refractivity contribution in [1.29, 1.82) is 0 Å². The highest BCUT2D eigenvalue weighted by atomic mass is 19.3. The van der Waals surface area contributed by atoms with Crippen LogP contribution in [0.25, 0.3) is 11.1 Å². The molecule has 0 aromatic carbocycles. The summed E-state index contributed by atoms with van der Waals surface area (Å²) in [6.07, 6.45) is 5.43. The van der Waals surface area contributed by atoms with Crippen molar-refractivity contribution in [3.63, 3.8) is 0 Å². The van der Waals surface area contributed by atoms with Gasteiger partial charge < -0.3 is 10.1 Å². The largest absolute Gasteiger partial charge is 0.471 e. The lowest BCUT2D eigenvalue weighted by Gasteiger charge is -2.11. The lowest BCUT2D eigenvalue weighted by atomic mass is 10.1. The standard InChI is InChI=1S/C18H17F2N5O2/c1-25-10-15(9-24-25)13-5-14(7-21-6-13)17(26)23-8-12-3-2-4-22-18(12)27-11-16(19)20/h2-7,9-10,16H,8,11H2,1H3,(H,23,26). The number of nitrogens with zero attached hydrogens (tertiary/aromatic N) is 4. The van der Waals surface area contributed by atoms with Crippen LogP contribution in [0.15, 0.2) is 49.2 Å². The first-order chi connectivity index (χ1) is 13.0. The third kappa shape index (κ3) is 4.84. The third-order valence-corrected chi connectivity index (χ3v) is 3.67. The zero-order chi connectivity index (χ0) is 19.2. The second-order valence-electron chi connectivity index (χ2n) is 5.72. The normalized spacial score (nSPS) is 10.8. The topological polar surface area (TPSA) is 81.9 Å². The van der Waals surface area contributed by atoms with Crippen LogP contribution in [0.4, 0.5) is 8.78 Å². The Kier molecular flexibility index (Phi) is 5.70. The van der Waals surface area contributed by atoms with E-state index in [2.05, 4.69) is 20.4 Å². The highest BCUT2D eigenvalue weighted by Crippen LogP contribution is 2.19. The van der Waals surface area contributed by atoms with E-state index >= 15 is 0 Å². The second kappa shape index (κ2) is 8.35. The van der Waals surface area contributed by atoms with Gasteiger partial charge in [0.25, 0.3) is 12.3 Å². The van der Waals surface area contributed by atoms with E-state index in [1.165, 1.54) is 12.4 Å². The summed E-state index contributed by atoms with van der Waals surface area (Å²) in [7, 11) is 1.80. The fraction of sp³-hybridized carbons (Fsp3) is 0.222. The first-order valence-corrected chi connectivity index (χ1v) is 8.10. The van der Waals surface area contributed by atoms with Crippen molar-refractivity contribution in [1.82, 2.24) is 25.1 Å². The summed E-state index contributed by atoms with van der Waals surface area (Å²) >= 11 is 0. The number of hydrogen-bond donors (Lipinski definition) is 1. The molecule has 3 aromatic rings. The number of alkyl halides is 2. The number of ether oxygens (including phenoxy) is 1. The number of pyridine rings is 2. The van der Waals surface area contributed by atoms with Crippen molar-refractivity contribution in [2.45, 2.75) is 13.0 Å². The maximum Gasteiger partial charge on any atom is 0.272 e. The lowest BCUT2D eigenvalue weighted by molar-refractivity contribution is 0.0787. The monoisotopic (exact) mass is 373 g/mol. The van der Waals surface area contributed by atoms with Gasteiger partial charge in [-0.3, -0.25) is 14.5 Å². The molecule has 0 spiro atoms. The quantitative estimate of drug-likeness (QED) is 0.688. The van der Waals surface area contributed by atoms with E-state index in [0.717, 1.165) is 11.1 Å². The van der Waals surface area contributed by atoms with Crippen LogP contribution in [0.5, 0.6) is 5.88 Å². The van der Waals surface area contributed by atoms with Gasteiger partial charge in [0.15, 0.2) is 6.61 Å². The summed E-state index contributed by atoms with van der Waals surface area (Å²) < 4.78 is 31.3. The molecule has 3 aromatic heterocycles. The highest BCUT2D eigenvalue weighted by Gasteiger charge is 2.12. The van der Waals surface area contributed by atoms with E-state index in [1.54, 1.807) is 42.3 Å². The summed E-state index contributed by atoms with van der Waals surface area (Å²) in [6.45, 7) is -0.669. The zero-order valence-corrected chi connectivity index (χ0v) is 14.5. The SMILES string of the molecule is Cn1cc(-c2cncc(C(=O)NCc3cccnc3OCC(F)F)c2)cn1. The number of halogens is 2. The Labute approximate surface area is 154 Å². The Morgan fingerprint density at radius 3 is 2.89 bits per heavy atom. The molecular weight excluding hydrogens is 356 g/mol. The lowest BCUT2D eigenvalue weighted by Crippen LogP contribution is -2.23. The van der Waals surface area contributed by atoms with Crippen molar-refractivity contribution < 1.29 is 18.3 Å². The molecule has 0 aliphatic heterocycles. The molecule has 140 valence electrons. The molecule has 0 radical (unpaired) electrons. The van der Waals surface area contributed by atoms with Crippen molar-refractivity contribution in [3.8, 4) is 17.0 Å². The summed E-state index contributed by atoms with van der Waals surface area (Å²) in [5.41, 5.74) is 2.48. The Morgan fingerprint density at radius 2 is 2.15 bits per heavy atom. The number of carbonyl (C=O) groups is 1. The maximum atomic E-state index is 12.4. The van der Waals surface area contributed by atoms with Gasteiger partial charge in [0.05, 0.1) is 11.8 Å². The molecular formula is C18H17F2N5O2. The molecule has 9 heteroatoms. The fourth-order valence-electron chi connectivity index (χ4n) is 2.40. The van der Waals surface area contributed by atoms with Gasteiger partial charge in [-0.2, -0.15) is 5.10 Å². The minimum Gasteiger partial charge on any atom is -0.471 e. The van der Waals surface area contributed by atoms with Gasteiger partial charge in [-0.25, -0.2) is 13.8 Å². The molecule has 0 saturated heterocycles. The molecule has 3 heterocycles. The Morgan fingerprint density at radius 1 is 1.30 bits per heavy atom. The number of hydrogen-bond acceptors (Lipinski definition) is 5. The van der Waals surface area contributed by atoms with Crippen molar-refractivity contribution in [2.75, 3.05) is 6.61 Å². The van der Waals surface area contributed by atoms with Crippen LogP contribution < -0.4 is 10.1 Å². The van der Waals surface area contributed by atoms with Crippen LogP contribution in [0.2, 0.25) is 0 Å². The molecule has 0 aliphatic carbocycles. The van der Waals surface area contributed by atoms with Crippen molar-refractivity contribution >= 4 is 5.91 Å². The van der Waals surface area contributed by atoms with Crippen molar-refractivity contribution in [3.05, 3.63) is 60.3 Å². The van der Waals surface area contributed by atoms with E-state index in [4.69, 9.17) is 4.74 Å². The molecule has 0 fully saturated rings. The number of amides is 1. The zero-order valence-electron chi connectivity index (χ0n) is 14.5. The fourth-order valence-corrected chi connectivity index (χ4v) is 2.40. The predicted molar refractivity (Wildman–Crippen MR) is 93.3 cm³/mol. The minimum absolute atomic E-state index is 0.0698. The Balaban J connectivity index is 1.68. The van der Waals surface area contributed by atoms with Gasteiger partial charge >= 0.3 is 0 Å². The molecule has 7 nitrogen and oxygen atoms in total. The first-order valence-electron chi connectivity index (χ1n) is 8.10. The van der Waals surface area contributed by atoms with Gasteiger partial charge in [0, 0.05) is 55.1 Å². The molecule has 0 bridgehead atoms.